The van der Waals surface area contributed by atoms with E-state index < -0.39 is 0 Å². The number of nitrogens with zero attached hydrogens (tertiary/aromatic N) is 3. The predicted octanol–water partition coefficient (Wildman–Crippen LogP) is 2.88. The maximum atomic E-state index is 5.51. The first kappa shape index (κ1) is 15.0. The van der Waals surface area contributed by atoms with Crippen LogP contribution in [0.4, 0.5) is 5.82 Å². The molecule has 1 atom stereocenters. The number of rotatable bonds is 5. The number of fused-ring (bicyclic) bond motifs is 1. The largest absolute Gasteiger partial charge is 0.454 e. The smallest absolute Gasteiger partial charge is 0.231 e. The van der Waals surface area contributed by atoms with E-state index in [9.17, 15) is 0 Å². The monoisotopic (exact) mass is 339 g/mol. The molecule has 3 aliphatic rings. The molecule has 1 aliphatic carbocycles. The third-order valence-corrected chi connectivity index (χ3v) is 5.09. The number of ether oxygens (including phenoxy) is 3. The maximum Gasteiger partial charge on any atom is 0.231 e. The highest BCUT2D eigenvalue weighted by Crippen LogP contribution is 2.36. The first-order valence-corrected chi connectivity index (χ1v) is 8.92. The molecule has 6 nitrogen and oxygen atoms in total. The van der Waals surface area contributed by atoms with Crippen LogP contribution in [0.1, 0.15) is 36.4 Å². The standard InChI is InChI=1S/C19H21N3O3/c1-4-17-18(25-12-24-17)7-13(1)9-22(15-2-3-15)19-8-16(20-11-21-19)14-5-6-23-10-14/h1,4,7-8,11,14-15H,2-3,5-6,9-10,12H2. The summed E-state index contributed by atoms with van der Waals surface area (Å²) >= 11 is 0. The average molecular weight is 339 g/mol. The summed E-state index contributed by atoms with van der Waals surface area (Å²) in [7, 11) is 0. The molecule has 1 saturated heterocycles. The van der Waals surface area contributed by atoms with E-state index in [1.807, 2.05) is 6.07 Å². The molecule has 5 rings (SSSR count). The molecule has 2 aromatic rings. The molecule has 2 aliphatic heterocycles. The molecule has 130 valence electrons. The second kappa shape index (κ2) is 6.19. The lowest BCUT2D eigenvalue weighted by Crippen LogP contribution is -2.26. The molecule has 0 N–H and O–H groups in total. The van der Waals surface area contributed by atoms with Crippen molar-refractivity contribution in [2.24, 2.45) is 0 Å². The fourth-order valence-electron chi connectivity index (χ4n) is 3.53. The Bertz CT molecular complexity index is 772. The zero-order valence-electron chi connectivity index (χ0n) is 14.1. The Morgan fingerprint density at radius 1 is 1.04 bits per heavy atom. The van der Waals surface area contributed by atoms with Crippen molar-refractivity contribution in [2.45, 2.75) is 37.8 Å². The van der Waals surface area contributed by atoms with Crippen LogP contribution in [0.2, 0.25) is 0 Å². The molecule has 1 unspecified atom stereocenters. The first-order valence-electron chi connectivity index (χ1n) is 8.92. The van der Waals surface area contributed by atoms with Gasteiger partial charge in [-0.05, 0) is 37.0 Å². The van der Waals surface area contributed by atoms with Crippen molar-refractivity contribution in [3.8, 4) is 11.5 Å². The van der Waals surface area contributed by atoms with Gasteiger partial charge in [-0.3, -0.25) is 0 Å². The van der Waals surface area contributed by atoms with Gasteiger partial charge in [-0.25, -0.2) is 9.97 Å². The summed E-state index contributed by atoms with van der Waals surface area (Å²) in [5.41, 5.74) is 2.30. The van der Waals surface area contributed by atoms with E-state index in [1.54, 1.807) is 6.33 Å². The van der Waals surface area contributed by atoms with Crippen molar-refractivity contribution in [1.82, 2.24) is 9.97 Å². The van der Waals surface area contributed by atoms with Gasteiger partial charge in [0.25, 0.3) is 0 Å². The zero-order valence-corrected chi connectivity index (χ0v) is 14.1. The lowest BCUT2D eigenvalue weighted by Gasteiger charge is -2.24. The Labute approximate surface area is 146 Å². The Balaban J connectivity index is 1.40. The van der Waals surface area contributed by atoms with Gasteiger partial charge in [0.05, 0.1) is 12.3 Å². The average Bonchev–Trinajstić information content (AvgIpc) is 3.14. The zero-order chi connectivity index (χ0) is 16.6. The maximum absolute atomic E-state index is 5.51. The van der Waals surface area contributed by atoms with E-state index >= 15 is 0 Å². The highest BCUT2D eigenvalue weighted by molar-refractivity contribution is 5.48. The van der Waals surface area contributed by atoms with Gasteiger partial charge in [-0.2, -0.15) is 0 Å². The molecular weight excluding hydrogens is 318 g/mol. The molecule has 1 saturated carbocycles. The van der Waals surface area contributed by atoms with E-state index in [0.29, 0.717) is 18.8 Å². The SMILES string of the molecule is c1nc(C2CCOC2)cc(N(Cc2ccc3c(c2)OCO3)C2CC2)n1. The van der Waals surface area contributed by atoms with Gasteiger partial charge in [0.15, 0.2) is 11.5 Å². The van der Waals surface area contributed by atoms with Crippen LogP contribution in [0, 0.1) is 0 Å². The van der Waals surface area contributed by atoms with Crippen LogP contribution in [0.5, 0.6) is 11.5 Å². The normalized spacial score (nSPS) is 21.5. The van der Waals surface area contributed by atoms with E-state index in [-0.39, 0.29) is 0 Å². The van der Waals surface area contributed by atoms with Crippen molar-refractivity contribution in [3.05, 3.63) is 41.9 Å². The minimum Gasteiger partial charge on any atom is -0.454 e. The quantitative estimate of drug-likeness (QED) is 0.835. The Morgan fingerprint density at radius 3 is 2.80 bits per heavy atom. The molecule has 1 aromatic carbocycles. The second-order valence-corrected chi connectivity index (χ2v) is 6.91. The van der Waals surface area contributed by atoms with Crippen molar-refractivity contribution in [2.75, 3.05) is 24.9 Å². The molecular formula is C19H21N3O3. The molecule has 1 aromatic heterocycles. The fraction of sp³-hybridized carbons (Fsp3) is 0.474. The van der Waals surface area contributed by atoms with Gasteiger partial charge in [-0.1, -0.05) is 6.07 Å². The van der Waals surface area contributed by atoms with Gasteiger partial charge in [0.2, 0.25) is 6.79 Å². The van der Waals surface area contributed by atoms with E-state index in [0.717, 1.165) is 49.2 Å². The van der Waals surface area contributed by atoms with Gasteiger partial charge >= 0.3 is 0 Å². The number of hydrogen-bond acceptors (Lipinski definition) is 6. The van der Waals surface area contributed by atoms with Crippen LogP contribution in [-0.2, 0) is 11.3 Å². The van der Waals surface area contributed by atoms with Crippen LogP contribution in [0.25, 0.3) is 0 Å². The summed E-state index contributed by atoms with van der Waals surface area (Å²) in [5, 5.41) is 0. The van der Waals surface area contributed by atoms with Crippen molar-refractivity contribution < 1.29 is 14.2 Å². The summed E-state index contributed by atoms with van der Waals surface area (Å²) in [6, 6.07) is 8.88. The Kier molecular flexibility index (Phi) is 3.70. The molecule has 0 bridgehead atoms. The van der Waals surface area contributed by atoms with Crippen LogP contribution in [0.3, 0.4) is 0 Å². The van der Waals surface area contributed by atoms with Crippen LogP contribution >= 0.6 is 0 Å². The van der Waals surface area contributed by atoms with Gasteiger partial charge in [-0.15, -0.1) is 0 Å². The third kappa shape index (κ3) is 3.02. The van der Waals surface area contributed by atoms with E-state index in [2.05, 4.69) is 33.1 Å². The molecule has 25 heavy (non-hydrogen) atoms. The van der Waals surface area contributed by atoms with E-state index in [4.69, 9.17) is 14.2 Å². The fourth-order valence-corrected chi connectivity index (χ4v) is 3.53. The highest BCUT2D eigenvalue weighted by atomic mass is 16.7. The van der Waals surface area contributed by atoms with Crippen LogP contribution in [0.15, 0.2) is 30.6 Å². The number of anilines is 1. The lowest BCUT2D eigenvalue weighted by atomic mass is 10.0. The number of aromatic nitrogens is 2. The van der Waals surface area contributed by atoms with Crippen LogP contribution < -0.4 is 14.4 Å². The third-order valence-electron chi connectivity index (χ3n) is 5.09. The molecule has 0 radical (unpaired) electrons. The highest BCUT2D eigenvalue weighted by Gasteiger charge is 2.31. The Hall–Kier alpha value is -2.34. The lowest BCUT2D eigenvalue weighted by molar-refractivity contribution is 0.174. The van der Waals surface area contributed by atoms with Crippen molar-refractivity contribution in [1.29, 1.82) is 0 Å². The molecule has 3 heterocycles. The second-order valence-electron chi connectivity index (χ2n) is 6.91. The summed E-state index contributed by atoms with van der Waals surface area (Å²) in [6.45, 7) is 2.72. The van der Waals surface area contributed by atoms with Gasteiger partial charge < -0.3 is 19.1 Å². The molecule has 2 fully saturated rings. The summed E-state index contributed by atoms with van der Waals surface area (Å²) < 4.78 is 16.4. The molecule has 0 spiro atoms. The van der Waals surface area contributed by atoms with Crippen molar-refractivity contribution >= 4 is 5.82 Å². The van der Waals surface area contributed by atoms with Gasteiger partial charge in [0.1, 0.15) is 12.1 Å². The topological polar surface area (TPSA) is 56.7 Å². The predicted molar refractivity (Wildman–Crippen MR) is 92.0 cm³/mol. The molecule has 0 amide bonds. The summed E-state index contributed by atoms with van der Waals surface area (Å²) in [6.07, 6.45) is 5.17. The van der Waals surface area contributed by atoms with Crippen LogP contribution in [-0.4, -0.2) is 36.0 Å². The van der Waals surface area contributed by atoms with E-state index in [1.165, 1.54) is 18.4 Å². The number of hydrogen-bond donors (Lipinski definition) is 0. The number of benzene rings is 1. The summed E-state index contributed by atoms with van der Waals surface area (Å²) in [4.78, 5) is 11.4. The minimum absolute atomic E-state index is 0.309. The minimum atomic E-state index is 0.309. The van der Waals surface area contributed by atoms with Gasteiger partial charge in [0, 0.05) is 31.2 Å². The first-order chi connectivity index (χ1) is 12.4. The summed E-state index contributed by atoms with van der Waals surface area (Å²) in [5.74, 6) is 3.07. The van der Waals surface area contributed by atoms with Crippen molar-refractivity contribution in [3.63, 3.8) is 0 Å². The Morgan fingerprint density at radius 2 is 1.96 bits per heavy atom. The molecule has 6 heteroatoms.